The van der Waals surface area contributed by atoms with Gasteiger partial charge in [-0.3, -0.25) is 18.7 Å². The molecule has 3 aromatic heterocycles. The number of alkyl halides is 5. The van der Waals surface area contributed by atoms with Gasteiger partial charge in [0.1, 0.15) is 12.4 Å². The van der Waals surface area contributed by atoms with Crippen LogP contribution in [0.5, 0.6) is 0 Å². The molecule has 0 unspecified atom stereocenters. The fraction of sp³-hybridized carbons (Fsp3) is 0.370. The number of hydrogen-bond acceptors (Lipinski definition) is 7. The predicted molar refractivity (Wildman–Crippen MR) is 146 cm³/mol. The lowest BCUT2D eigenvalue weighted by atomic mass is 10.0. The number of nitrogens with two attached hydrogens (primary N) is 1. The van der Waals surface area contributed by atoms with Crippen LogP contribution in [0.15, 0.2) is 36.9 Å². The zero-order valence-corrected chi connectivity index (χ0v) is 23.4. The van der Waals surface area contributed by atoms with Crippen LogP contribution in [0.4, 0.5) is 37.8 Å². The van der Waals surface area contributed by atoms with Crippen LogP contribution < -0.4 is 11.1 Å². The standard InChI is InChI=1S/C27H27F6N9O2/c1-14-9-16(10-18(28)21(14)26(44)40-7-5-39(6-8-40)25(43)15(2)34)37-23-24-36-11-19(42(24)4-3-35-23)17-12-41(13-20(29)30)38-22(17)27(31,32)33/h3-4,9-12,15,20H,5-8,13,34H2,1-2H3,(H,35,37)/t15-/m0/s1. The SMILES string of the molecule is Cc1cc(Nc2nccn3c(-c4cn(CC(F)F)nc4C(F)(F)F)cnc23)cc(F)c1C(=O)N1CCN(C(=O)[C@H](C)N)CC1. The Morgan fingerprint density at radius 1 is 1.09 bits per heavy atom. The summed E-state index contributed by atoms with van der Waals surface area (Å²) < 4.78 is 84.0. The number of anilines is 2. The Labute approximate surface area is 246 Å². The average Bonchev–Trinajstić information content (AvgIpc) is 3.56. The summed E-state index contributed by atoms with van der Waals surface area (Å²) in [6.07, 6.45) is -3.24. The highest BCUT2D eigenvalue weighted by atomic mass is 19.4. The van der Waals surface area contributed by atoms with Crippen molar-refractivity contribution in [2.24, 2.45) is 5.73 Å². The second-order valence-electron chi connectivity index (χ2n) is 10.3. The second-order valence-corrected chi connectivity index (χ2v) is 10.3. The lowest BCUT2D eigenvalue weighted by molar-refractivity contribution is -0.141. The van der Waals surface area contributed by atoms with Gasteiger partial charge in [-0.05, 0) is 31.5 Å². The molecule has 234 valence electrons. The summed E-state index contributed by atoms with van der Waals surface area (Å²) in [7, 11) is 0. The topological polar surface area (TPSA) is 127 Å². The van der Waals surface area contributed by atoms with Crippen LogP contribution in [0, 0.1) is 12.7 Å². The fourth-order valence-electron chi connectivity index (χ4n) is 5.06. The maximum Gasteiger partial charge on any atom is 0.435 e. The van der Waals surface area contributed by atoms with E-state index in [1.54, 1.807) is 18.7 Å². The van der Waals surface area contributed by atoms with Crippen LogP contribution in [0.25, 0.3) is 16.9 Å². The van der Waals surface area contributed by atoms with E-state index < -0.39 is 48.2 Å². The number of imidazole rings is 1. The summed E-state index contributed by atoms with van der Waals surface area (Å²) in [6, 6.07) is 1.93. The van der Waals surface area contributed by atoms with E-state index in [2.05, 4.69) is 20.4 Å². The molecule has 1 fully saturated rings. The van der Waals surface area contributed by atoms with E-state index in [0.29, 0.717) is 10.2 Å². The summed E-state index contributed by atoms with van der Waals surface area (Å²) in [4.78, 5) is 36.7. The molecule has 44 heavy (non-hydrogen) atoms. The number of piperazine rings is 1. The number of aromatic nitrogens is 5. The molecule has 0 saturated carbocycles. The summed E-state index contributed by atoms with van der Waals surface area (Å²) in [5, 5.41) is 6.20. The molecule has 0 spiro atoms. The molecule has 1 aliphatic rings. The second kappa shape index (κ2) is 11.8. The van der Waals surface area contributed by atoms with Gasteiger partial charge in [0, 0.05) is 50.5 Å². The van der Waals surface area contributed by atoms with E-state index in [4.69, 9.17) is 5.73 Å². The highest BCUT2D eigenvalue weighted by molar-refractivity contribution is 5.97. The predicted octanol–water partition coefficient (Wildman–Crippen LogP) is 3.70. The van der Waals surface area contributed by atoms with Crippen molar-refractivity contribution in [3.05, 3.63) is 59.6 Å². The minimum atomic E-state index is -4.93. The van der Waals surface area contributed by atoms with Crippen LogP contribution in [-0.4, -0.2) is 84.4 Å². The molecule has 1 saturated heterocycles. The van der Waals surface area contributed by atoms with Crippen molar-refractivity contribution in [1.82, 2.24) is 33.9 Å². The summed E-state index contributed by atoms with van der Waals surface area (Å²) in [5.74, 6) is -1.53. The first kappa shape index (κ1) is 30.8. The fourth-order valence-corrected chi connectivity index (χ4v) is 5.06. The van der Waals surface area contributed by atoms with Crippen molar-refractivity contribution in [3.63, 3.8) is 0 Å². The number of halogens is 6. The third-order valence-corrected chi connectivity index (χ3v) is 7.09. The molecule has 2 amide bonds. The van der Waals surface area contributed by atoms with Gasteiger partial charge in [0.15, 0.2) is 17.2 Å². The minimum Gasteiger partial charge on any atom is -0.338 e. The molecular weight excluding hydrogens is 596 g/mol. The van der Waals surface area contributed by atoms with E-state index >= 15 is 4.39 Å². The number of aryl methyl sites for hydroxylation is 1. The van der Waals surface area contributed by atoms with Crippen molar-refractivity contribution in [2.45, 2.75) is 39.0 Å². The molecule has 4 aromatic rings. The molecule has 5 rings (SSSR count). The zero-order chi connectivity index (χ0) is 31.9. The van der Waals surface area contributed by atoms with Crippen molar-refractivity contribution < 1.29 is 35.9 Å². The first-order valence-electron chi connectivity index (χ1n) is 13.4. The van der Waals surface area contributed by atoms with E-state index in [0.717, 1.165) is 18.5 Å². The van der Waals surface area contributed by atoms with Crippen LogP contribution in [0.2, 0.25) is 0 Å². The maximum atomic E-state index is 15.3. The third kappa shape index (κ3) is 6.04. The van der Waals surface area contributed by atoms with Gasteiger partial charge in [-0.1, -0.05) is 0 Å². The smallest absolute Gasteiger partial charge is 0.338 e. The monoisotopic (exact) mass is 623 g/mol. The molecule has 1 aliphatic heterocycles. The number of fused-ring (bicyclic) bond motifs is 1. The van der Waals surface area contributed by atoms with Crippen molar-refractivity contribution in [3.8, 4) is 11.3 Å². The van der Waals surface area contributed by atoms with Crippen LogP contribution >= 0.6 is 0 Å². The Bertz CT molecular complexity index is 1680. The molecule has 11 nitrogen and oxygen atoms in total. The van der Waals surface area contributed by atoms with Crippen molar-refractivity contribution in [2.75, 3.05) is 31.5 Å². The summed E-state index contributed by atoms with van der Waals surface area (Å²) in [6.45, 7) is 3.06. The number of hydrogen-bond donors (Lipinski definition) is 2. The number of benzene rings is 1. The molecular formula is C27H27F6N9O2. The van der Waals surface area contributed by atoms with Crippen LogP contribution in [0.3, 0.4) is 0 Å². The summed E-state index contributed by atoms with van der Waals surface area (Å²) >= 11 is 0. The zero-order valence-electron chi connectivity index (χ0n) is 23.4. The van der Waals surface area contributed by atoms with Gasteiger partial charge in [-0.25, -0.2) is 23.1 Å². The minimum absolute atomic E-state index is 0.0556. The number of carbonyl (C=O) groups excluding carboxylic acids is 2. The van der Waals surface area contributed by atoms with E-state index in [1.165, 1.54) is 27.8 Å². The normalized spacial score (nSPS) is 14.9. The van der Waals surface area contributed by atoms with Gasteiger partial charge in [0.25, 0.3) is 12.3 Å². The molecule has 0 radical (unpaired) electrons. The number of carbonyl (C=O) groups is 2. The number of rotatable bonds is 7. The lowest BCUT2D eigenvalue weighted by Gasteiger charge is -2.35. The Morgan fingerprint density at radius 2 is 1.77 bits per heavy atom. The van der Waals surface area contributed by atoms with E-state index in [9.17, 15) is 31.5 Å². The van der Waals surface area contributed by atoms with Crippen molar-refractivity contribution in [1.29, 1.82) is 0 Å². The number of nitrogens with one attached hydrogen (secondary N) is 1. The number of amides is 2. The molecule has 4 heterocycles. The molecule has 0 aliphatic carbocycles. The Hall–Kier alpha value is -4.67. The average molecular weight is 624 g/mol. The molecule has 1 aromatic carbocycles. The first-order valence-corrected chi connectivity index (χ1v) is 13.4. The van der Waals surface area contributed by atoms with Crippen LogP contribution in [-0.2, 0) is 17.5 Å². The molecule has 3 N–H and O–H groups in total. The highest BCUT2D eigenvalue weighted by Crippen LogP contribution is 2.37. The third-order valence-electron chi connectivity index (χ3n) is 7.09. The largest absolute Gasteiger partial charge is 0.435 e. The molecule has 17 heteroatoms. The van der Waals surface area contributed by atoms with Gasteiger partial charge in [-0.15, -0.1) is 0 Å². The van der Waals surface area contributed by atoms with E-state index in [-0.39, 0.29) is 60.5 Å². The Kier molecular flexibility index (Phi) is 8.24. The lowest BCUT2D eigenvalue weighted by Crippen LogP contribution is -2.53. The van der Waals surface area contributed by atoms with Gasteiger partial charge in [0.2, 0.25) is 5.91 Å². The van der Waals surface area contributed by atoms with Gasteiger partial charge >= 0.3 is 6.18 Å². The van der Waals surface area contributed by atoms with Crippen LogP contribution in [0.1, 0.15) is 28.5 Å². The first-order chi connectivity index (χ1) is 20.7. The Morgan fingerprint density at radius 3 is 2.39 bits per heavy atom. The van der Waals surface area contributed by atoms with Gasteiger partial charge in [-0.2, -0.15) is 18.3 Å². The summed E-state index contributed by atoms with van der Waals surface area (Å²) in [5.41, 5.74) is 4.18. The molecule has 0 bridgehead atoms. The molecule has 1 atom stereocenters. The van der Waals surface area contributed by atoms with Gasteiger partial charge in [0.05, 0.1) is 29.1 Å². The highest BCUT2D eigenvalue weighted by Gasteiger charge is 2.38. The number of nitrogens with zero attached hydrogens (tertiary/aromatic N) is 7. The quantitative estimate of drug-likeness (QED) is 0.301. The van der Waals surface area contributed by atoms with Gasteiger partial charge < -0.3 is 20.9 Å². The maximum absolute atomic E-state index is 15.3. The van der Waals surface area contributed by atoms with E-state index in [1.807, 2.05) is 0 Å². The van der Waals surface area contributed by atoms with Crippen molar-refractivity contribution >= 4 is 29.0 Å². The Balaban J connectivity index is 1.40.